The van der Waals surface area contributed by atoms with Crippen LogP contribution in [-0.4, -0.2) is 24.6 Å². The Kier molecular flexibility index (Phi) is 7.56. The maximum atomic E-state index is 4.18. The highest BCUT2D eigenvalue weighted by atomic mass is 32.2. The summed E-state index contributed by atoms with van der Waals surface area (Å²) in [6.07, 6.45) is 15.1. The number of aromatic nitrogens is 2. The molecule has 0 N–H and O–H groups in total. The van der Waals surface area contributed by atoms with E-state index in [1.54, 1.807) is 0 Å². The van der Waals surface area contributed by atoms with Crippen LogP contribution in [0, 0.1) is 6.92 Å². The van der Waals surface area contributed by atoms with Gasteiger partial charge in [0, 0.05) is 24.2 Å². The summed E-state index contributed by atoms with van der Waals surface area (Å²) in [6.45, 7) is 5.57. The average molecular weight is 389 g/mol. The predicted octanol–water partition coefficient (Wildman–Crippen LogP) is 6.34. The van der Waals surface area contributed by atoms with E-state index < -0.39 is 0 Å². The number of hydrogen-bond acceptors (Lipinski definition) is 3. The Balaban J connectivity index is 1.67. The molecule has 0 spiro atoms. The number of aryl methyl sites for hydroxylation is 2. The summed E-state index contributed by atoms with van der Waals surface area (Å²) in [5.41, 5.74) is 2.85. The summed E-state index contributed by atoms with van der Waals surface area (Å²) in [6, 6.07) is 9.20. The zero-order valence-corrected chi connectivity index (χ0v) is 17.8. The van der Waals surface area contributed by atoms with Gasteiger partial charge in [-0.05, 0) is 50.3 Å². The molecule has 26 heavy (non-hydrogen) atoms. The van der Waals surface area contributed by atoms with E-state index in [0.717, 1.165) is 11.8 Å². The van der Waals surface area contributed by atoms with Gasteiger partial charge in [-0.3, -0.25) is 0 Å². The molecule has 1 aromatic heterocycles. The first-order valence-corrected chi connectivity index (χ1v) is 11.9. The summed E-state index contributed by atoms with van der Waals surface area (Å²) in [5.74, 6) is 1.32. The highest BCUT2D eigenvalue weighted by molar-refractivity contribution is 8.19. The SMILES string of the molecule is CCCCC1CCSC(CCCn2ccnc2)(Cc2ccc(C)cc2)S1. The first-order chi connectivity index (χ1) is 12.7. The van der Waals surface area contributed by atoms with Crippen LogP contribution in [0.3, 0.4) is 0 Å². The second-order valence-electron chi connectivity index (χ2n) is 7.50. The molecule has 1 aliphatic heterocycles. The Morgan fingerprint density at radius 2 is 2.08 bits per heavy atom. The van der Waals surface area contributed by atoms with Crippen molar-refractivity contribution in [1.82, 2.24) is 9.55 Å². The van der Waals surface area contributed by atoms with Crippen molar-refractivity contribution >= 4 is 23.5 Å². The van der Waals surface area contributed by atoms with Crippen LogP contribution in [0.25, 0.3) is 0 Å². The van der Waals surface area contributed by atoms with Gasteiger partial charge in [-0.25, -0.2) is 4.98 Å². The molecule has 1 fully saturated rings. The molecule has 1 aliphatic rings. The fourth-order valence-electron chi connectivity index (χ4n) is 3.69. The van der Waals surface area contributed by atoms with Crippen molar-refractivity contribution in [3.8, 4) is 0 Å². The predicted molar refractivity (Wildman–Crippen MR) is 117 cm³/mol. The molecule has 1 aromatic carbocycles. The molecule has 1 saturated heterocycles. The van der Waals surface area contributed by atoms with Gasteiger partial charge in [-0.15, -0.1) is 23.5 Å². The molecule has 0 bridgehead atoms. The van der Waals surface area contributed by atoms with Crippen molar-refractivity contribution in [3.63, 3.8) is 0 Å². The Morgan fingerprint density at radius 3 is 2.81 bits per heavy atom. The largest absolute Gasteiger partial charge is 0.337 e. The molecule has 2 atom stereocenters. The fourth-order valence-corrected chi connectivity index (χ4v) is 7.74. The summed E-state index contributed by atoms with van der Waals surface area (Å²) >= 11 is 4.52. The molecule has 142 valence electrons. The van der Waals surface area contributed by atoms with Gasteiger partial charge in [0.15, 0.2) is 0 Å². The van der Waals surface area contributed by atoms with E-state index in [4.69, 9.17) is 0 Å². The van der Waals surface area contributed by atoms with Gasteiger partial charge in [0.1, 0.15) is 0 Å². The molecule has 2 unspecified atom stereocenters. The third-order valence-corrected chi connectivity index (χ3v) is 8.73. The van der Waals surface area contributed by atoms with E-state index in [1.165, 1.54) is 61.8 Å². The molecule has 0 radical (unpaired) electrons. The van der Waals surface area contributed by atoms with E-state index >= 15 is 0 Å². The van der Waals surface area contributed by atoms with Crippen LogP contribution in [0.1, 0.15) is 56.6 Å². The third-order valence-electron chi connectivity index (χ3n) is 5.19. The Bertz CT molecular complexity index is 639. The lowest BCUT2D eigenvalue weighted by Crippen LogP contribution is -2.32. The first-order valence-electron chi connectivity index (χ1n) is 10.0. The van der Waals surface area contributed by atoms with Crippen molar-refractivity contribution in [1.29, 1.82) is 0 Å². The molecule has 2 nitrogen and oxygen atoms in total. The lowest BCUT2D eigenvalue weighted by atomic mass is 10.0. The minimum absolute atomic E-state index is 0.340. The number of rotatable bonds is 9. The van der Waals surface area contributed by atoms with Crippen LogP contribution in [0.5, 0.6) is 0 Å². The highest BCUT2D eigenvalue weighted by Gasteiger charge is 2.37. The zero-order valence-electron chi connectivity index (χ0n) is 16.2. The maximum absolute atomic E-state index is 4.18. The number of imidazole rings is 1. The number of hydrogen-bond donors (Lipinski definition) is 0. The van der Waals surface area contributed by atoms with Crippen molar-refractivity contribution in [2.24, 2.45) is 0 Å². The molecule has 4 heteroatoms. The van der Waals surface area contributed by atoms with Gasteiger partial charge >= 0.3 is 0 Å². The molecule has 3 rings (SSSR count). The number of nitrogens with zero attached hydrogens (tertiary/aromatic N) is 2. The van der Waals surface area contributed by atoms with Crippen molar-refractivity contribution in [2.45, 2.75) is 74.7 Å². The van der Waals surface area contributed by atoms with E-state index in [0.29, 0.717) is 4.08 Å². The van der Waals surface area contributed by atoms with Gasteiger partial charge in [0.05, 0.1) is 10.4 Å². The molecular formula is C22H32N2S2. The Morgan fingerprint density at radius 1 is 1.23 bits per heavy atom. The maximum Gasteiger partial charge on any atom is 0.0945 e. The van der Waals surface area contributed by atoms with Gasteiger partial charge in [-0.1, -0.05) is 49.6 Å². The second-order valence-corrected chi connectivity index (χ2v) is 10.9. The van der Waals surface area contributed by atoms with Gasteiger partial charge in [0.2, 0.25) is 0 Å². The molecular weight excluding hydrogens is 356 g/mol. The van der Waals surface area contributed by atoms with Crippen LogP contribution >= 0.6 is 23.5 Å². The van der Waals surface area contributed by atoms with Gasteiger partial charge < -0.3 is 4.57 Å². The number of benzene rings is 1. The van der Waals surface area contributed by atoms with Crippen molar-refractivity contribution in [2.75, 3.05) is 5.75 Å². The highest BCUT2D eigenvalue weighted by Crippen LogP contribution is 2.51. The Labute approximate surface area is 167 Å². The van der Waals surface area contributed by atoms with E-state index in [9.17, 15) is 0 Å². The van der Waals surface area contributed by atoms with Crippen molar-refractivity contribution in [3.05, 3.63) is 54.1 Å². The summed E-state index contributed by atoms with van der Waals surface area (Å²) in [7, 11) is 0. The molecule has 2 heterocycles. The lowest BCUT2D eigenvalue weighted by molar-refractivity contribution is 0.567. The van der Waals surface area contributed by atoms with Crippen LogP contribution in [0.15, 0.2) is 43.0 Å². The van der Waals surface area contributed by atoms with Gasteiger partial charge in [-0.2, -0.15) is 0 Å². The number of unbranched alkanes of at least 4 members (excludes halogenated alkanes) is 1. The molecule has 2 aromatic rings. The molecule has 0 saturated carbocycles. The molecule has 0 aliphatic carbocycles. The third kappa shape index (κ3) is 5.82. The van der Waals surface area contributed by atoms with E-state index in [1.807, 2.05) is 12.5 Å². The average Bonchev–Trinajstić information content (AvgIpc) is 3.16. The standard InChI is InChI=1S/C22H32N2S2/c1-3-4-6-21-11-16-25-22(26-21,12-5-14-24-15-13-23-18-24)17-20-9-7-19(2)8-10-20/h7-10,13,15,18,21H,3-6,11-12,14,16-17H2,1-2H3. The topological polar surface area (TPSA) is 17.8 Å². The van der Waals surface area contributed by atoms with Gasteiger partial charge in [0.25, 0.3) is 0 Å². The summed E-state index contributed by atoms with van der Waals surface area (Å²) in [4.78, 5) is 4.18. The normalized spacial score (nSPS) is 23.2. The first kappa shape index (κ1) is 19.9. The van der Waals surface area contributed by atoms with Crippen LogP contribution in [-0.2, 0) is 13.0 Å². The minimum Gasteiger partial charge on any atom is -0.337 e. The van der Waals surface area contributed by atoms with Crippen LogP contribution in [0.2, 0.25) is 0 Å². The second kappa shape index (κ2) is 9.89. The Hall–Kier alpha value is -0.870. The van der Waals surface area contributed by atoms with Crippen LogP contribution in [0.4, 0.5) is 0 Å². The fraction of sp³-hybridized carbons (Fsp3) is 0.591. The monoisotopic (exact) mass is 388 g/mol. The lowest BCUT2D eigenvalue weighted by Gasteiger charge is -2.40. The zero-order chi connectivity index (χ0) is 18.2. The smallest absolute Gasteiger partial charge is 0.0945 e. The number of thioether (sulfide) groups is 2. The van der Waals surface area contributed by atoms with E-state index in [-0.39, 0.29) is 0 Å². The van der Waals surface area contributed by atoms with Crippen molar-refractivity contribution < 1.29 is 0 Å². The quantitative estimate of drug-likeness (QED) is 0.499. The van der Waals surface area contributed by atoms with Crippen LogP contribution < -0.4 is 0 Å². The summed E-state index contributed by atoms with van der Waals surface area (Å²) < 4.78 is 2.55. The summed E-state index contributed by atoms with van der Waals surface area (Å²) in [5, 5.41) is 0.842. The van der Waals surface area contributed by atoms with E-state index in [2.05, 4.69) is 77.4 Å². The minimum atomic E-state index is 0.340. The molecule has 0 amide bonds.